The molecule has 1 heteroatoms. The summed E-state index contributed by atoms with van der Waals surface area (Å²) in [6, 6.07) is 6.55. The Morgan fingerprint density at radius 3 is 2.25 bits per heavy atom. The van der Waals surface area contributed by atoms with Gasteiger partial charge in [0, 0.05) is 0 Å². The molecule has 0 heterocycles. The van der Waals surface area contributed by atoms with Crippen molar-refractivity contribution >= 4 is 0 Å². The lowest BCUT2D eigenvalue weighted by atomic mass is 10.0. The highest BCUT2D eigenvalue weighted by atomic mass is 16.5. The van der Waals surface area contributed by atoms with E-state index < -0.39 is 0 Å². The molecular formula is C15H24O. The predicted octanol–water partition coefficient (Wildman–Crippen LogP) is 4.23. The molecule has 0 aliphatic carbocycles. The van der Waals surface area contributed by atoms with E-state index in [1.54, 1.807) is 0 Å². The van der Waals surface area contributed by atoms with Crippen LogP contribution in [0, 0.1) is 18.8 Å². The zero-order chi connectivity index (χ0) is 12.1. The summed E-state index contributed by atoms with van der Waals surface area (Å²) in [5.41, 5.74) is 2.67. The lowest BCUT2D eigenvalue weighted by Crippen LogP contribution is -2.05. The standard InChI is InChI=1S/C15H24O/c1-11(2)6-14-7-13(5)8-15(9-14)16-10-12(3)4/h7-9,11-12H,6,10H2,1-5H3. The second kappa shape index (κ2) is 5.93. The Morgan fingerprint density at radius 1 is 1.00 bits per heavy atom. The van der Waals surface area contributed by atoms with E-state index >= 15 is 0 Å². The van der Waals surface area contributed by atoms with Crippen molar-refractivity contribution in [2.24, 2.45) is 11.8 Å². The van der Waals surface area contributed by atoms with E-state index in [9.17, 15) is 0 Å². The largest absolute Gasteiger partial charge is 0.493 e. The molecule has 0 amide bonds. The van der Waals surface area contributed by atoms with Crippen LogP contribution in [0.4, 0.5) is 0 Å². The smallest absolute Gasteiger partial charge is 0.119 e. The molecule has 0 saturated carbocycles. The fourth-order valence-electron chi connectivity index (χ4n) is 1.76. The Hall–Kier alpha value is -0.980. The first-order chi connectivity index (χ1) is 7.47. The topological polar surface area (TPSA) is 9.23 Å². The third-order valence-corrected chi connectivity index (χ3v) is 2.34. The van der Waals surface area contributed by atoms with Gasteiger partial charge < -0.3 is 4.74 Å². The summed E-state index contributed by atoms with van der Waals surface area (Å²) in [5, 5.41) is 0. The van der Waals surface area contributed by atoms with Gasteiger partial charge in [0.05, 0.1) is 6.61 Å². The van der Waals surface area contributed by atoms with Crippen LogP contribution >= 0.6 is 0 Å². The molecule has 0 radical (unpaired) electrons. The van der Waals surface area contributed by atoms with E-state index in [2.05, 4.69) is 52.8 Å². The van der Waals surface area contributed by atoms with Gasteiger partial charge in [0.15, 0.2) is 0 Å². The predicted molar refractivity (Wildman–Crippen MR) is 70.1 cm³/mol. The van der Waals surface area contributed by atoms with Crippen molar-refractivity contribution in [1.82, 2.24) is 0 Å². The Bertz CT molecular complexity index is 326. The summed E-state index contributed by atoms with van der Waals surface area (Å²) in [6.07, 6.45) is 1.12. The number of benzene rings is 1. The first-order valence-electron chi connectivity index (χ1n) is 6.20. The third kappa shape index (κ3) is 4.69. The van der Waals surface area contributed by atoms with Gasteiger partial charge in [-0.1, -0.05) is 33.8 Å². The van der Waals surface area contributed by atoms with Crippen molar-refractivity contribution in [2.75, 3.05) is 6.61 Å². The molecule has 0 aliphatic heterocycles. The quantitative estimate of drug-likeness (QED) is 0.721. The van der Waals surface area contributed by atoms with Crippen LogP contribution in [0.2, 0.25) is 0 Å². The van der Waals surface area contributed by atoms with Gasteiger partial charge in [0.1, 0.15) is 5.75 Å². The Balaban J connectivity index is 2.73. The van der Waals surface area contributed by atoms with Gasteiger partial charge >= 0.3 is 0 Å². The van der Waals surface area contributed by atoms with Crippen molar-refractivity contribution in [1.29, 1.82) is 0 Å². The van der Waals surface area contributed by atoms with Crippen LogP contribution < -0.4 is 4.74 Å². The Kier molecular flexibility index (Phi) is 4.85. The molecule has 1 aromatic carbocycles. The molecule has 1 nitrogen and oxygen atoms in total. The van der Waals surface area contributed by atoms with Gasteiger partial charge in [-0.05, 0) is 48.4 Å². The Labute approximate surface area is 99.8 Å². The normalized spacial score (nSPS) is 11.2. The van der Waals surface area contributed by atoms with Crippen molar-refractivity contribution in [2.45, 2.75) is 41.0 Å². The molecule has 90 valence electrons. The number of aryl methyl sites for hydroxylation is 1. The minimum Gasteiger partial charge on any atom is -0.493 e. The van der Waals surface area contributed by atoms with Crippen LogP contribution in [-0.4, -0.2) is 6.61 Å². The molecule has 0 spiro atoms. The molecule has 0 N–H and O–H groups in total. The SMILES string of the molecule is Cc1cc(CC(C)C)cc(OCC(C)C)c1. The van der Waals surface area contributed by atoms with E-state index in [1.807, 2.05) is 0 Å². The Morgan fingerprint density at radius 2 is 1.69 bits per heavy atom. The molecule has 0 aromatic heterocycles. The lowest BCUT2D eigenvalue weighted by Gasteiger charge is -2.12. The van der Waals surface area contributed by atoms with E-state index in [-0.39, 0.29) is 0 Å². The maximum atomic E-state index is 5.77. The highest BCUT2D eigenvalue weighted by molar-refractivity contribution is 5.34. The molecule has 0 bridgehead atoms. The number of hydrogen-bond donors (Lipinski definition) is 0. The average Bonchev–Trinajstić information content (AvgIpc) is 2.12. The molecule has 0 saturated heterocycles. The summed E-state index contributed by atoms with van der Waals surface area (Å²) >= 11 is 0. The molecule has 1 rings (SSSR count). The second-order valence-corrected chi connectivity index (χ2v) is 5.46. The van der Waals surface area contributed by atoms with Crippen LogP contribution in [0.15, 0.2) is 18.2 Å². The first kappa shape index (κ1) is 13.1. The molecule has 16 heavy (non-hydrogen) atoms. The highest BCUT2D eigenvalue weighted by Gasteiger charge is 2.03. The fourth-order valence-corrected chi connectivity index (χ4v) is 1.76. The second-order valence-electron chi connectivity index (χ2n) is 5.46. The van der Waals surface area contributed by atoms with Crippen molar-refractivity contribution in [3.8, 4) is 5.75 Å². The van der Waals surface area contributed by atoms with Gasteiger partial charge in [-0.2, -0.15) is 0 Å². The van der Waals surface area contributed by atoms with Gasteiger partial charge in [0.25, 0.3) is 0 Å². The van der Waals surface area contributed by atoms with E-state index in [0.29, 0.717) is 11.8 Å². The summed E-state index contributed by atoms with van der Waals surface area (Å²) in [4.78, 5) is 0. The summed E-state index contributed by atoms with van der Waals surface area (Å²) in [5.74, 6) is 2.29. The lowest BCUT2D eigenvalue weighted by molar-refractivity contribution is 0.270. The van der Waals surface area contributed by atoms with Crippen molar-refractivity contribution in [3.63, 3.8) is 0 Å². The van der Waals surface area contributed by atoms with Crippen LogP contribution in [0.3, 0.4) is 0 Å². The maximum absolute atomic E-state index is 5.77. The van der Waals surface area contributed by atoms with Crippen molar-refractivity contribution < 1.29 is 4.74 Å². The molecule has 0 aliphatic rings. The monoisotopic (exact) mass is 220 g/mol. The van der Waals surface area contributed by atoms with Crippen LogP contribution in [0.1, 0.15) is 38.8 Å². The molecule has 1 aromatic rings. The van der Waals surface area contributed by atoms with E-state index in [0.717, 1.165) is 18.8 Å². The summed E-state index contributed by atoms with van der Waals surface area (Å²) in [6.45, 7) is 11.8. The van der Waals surface area contributed by atoms with Gasteiger partial charge in [0.2, 0.25) is 0 Å². The third-order valence-electron chi connectivity index (χ3n) is 2.34. The number of ether oxygens (including phenoxy) is 1. The zero-order valence-corrected chi connectivity index (χ0v) is 11.2. The molecule has 0 atom stereocenters. The van der Waals surface area contributed by atoms with Crippen LogP contribution in [0.5, 0.6) is 5.75 Å². The zero-order valence-electron chi connectivity index (χ0n) is 11.2. The summed E-state index contributed by atoms with van der Waals surface area (Å²) < 4.78 is 5.77. The highest BCUT2D eigenvalue weighted by Crippen LogP contribution is 2.19. The van der Waals surface area contributed by atoms with Crippen molar-refractivity contribution in [3.05, 3.63) is 29.3 Å². The average molecular weight is 220 g/mol. The first-order valence-corrected chi connectivity index (χ1v) is 6.20. The number of rotatable bonds is 5. The maximum Gasteiger partial charge on any atom is 0.119 e. The van der Waals surface area contributed by atoms with E-state index in [1.165, 1.54) is 11.1 Å². The van der Waals surface area contributed by atoms with Gasteiger partial charge in [-0.3, -0.25) is 0 Å². The fraction of sp³-hybridized carbons (Fsp3) is 0.600. The van der Waals surface area contributed by atoms with E-state index in [4.69, 9.17) is 4.74 Å². The van der Waals surface area contributed by atoms with Crippen LogP contribution in [-0.2, 0) is 6.42 Å². The van der Waals surface area contributed by atoms with Gasteiger partial charge in [-0.25, -0.2) is 0 Å². The minimum atomic E-state index is 0.578. The molecular weight excluding hydrogens is 196 g/mol. The summed E-state index contributed by atoms with van der Waals surface area (Å²) in [7, 11) is 0. The molecule has 0 fully saturated rings. The van der Waals surface area contributed by atoms with Gasteiger partial charge in [-0.15, -0.1) is 0 Å². The minimum absolute atomic E-state index is 0.578. The number of hydrogen-bond acceptors (Lipinski definition) is 1. The molecule has 0 unspecified atom stereocenters. The van der Waals surface area contributed by atoms with Crippen LogP contribution in [0.25, 0.3) is 0 Å².